The predicted octanol–water partition coefficient (Wildman–Crippen LogP) is 3.70. The van der Waals surface area contributed by atoms with Crippen LogP contribution in [0.15, 0.2) is 12.4 Å². The number of carbonyl (C=O) groups excluding carboxylic acids is 1. The Hall–Kier alpha value is -1.91. The van der Waals surface area contributed by atoms with E-state index in [0.29, 0.717) is 17.1 Å². The van der Waals surface area contributed by atoms with Gasteiger partial charge in [0.1, 0.15) is 5.56 Å². The highest BCUT2D eigenvalue weighted by atomic mass is 16.1. The lowest BCUT2D eigenvalue weighted by atomic mass is 9.86. The third kappa shape index (κ3) is 3.29. The lowest BCUT2D eigenvalue weighted by Crippen LogP contribution is -2.41. The molecule has 25 heavy (non-hydrogen) atoms. The Morgan fingerprint density at radius 3 is 2.72 bits per heavy atom. The van der Waals surface area contributed by atoms with Crippen molar-refractivity contribution in [3.05, 3.63) is 29.2 Å². The Labute approximate surface area is 149 Å². The zero-order valence-corrected chi connectivity index (χ0v) is 15.1. The number of hydrogen-bond donors (Lipinski definition) is 1. The summed E-state index contributed by atoms with van der Waals surface area (Å²) in [7, 11) is 0. The van der Waals surface area contributed by atoms with Crippen LogP contribution in [-0.4, -0.2) is 26.5 Å². The Kier molecular flexibility index (Phi) is 4.73. The minimum atomic E-state index is -0.0213. The second kappa shape index (κ2) is 7.14. The molecule has 5 heteroatoms. The molecule has 134 valence electrons. The van der Waals surface area contributed by atoms with Crippen molar-refractivity contribution in [1.82, 2.24) is 19.9 Å². The van der Waals surface area contributed by atoms with Crippen LogP contribution in [0.25, 0.3) is 5.65 Å². The van der Waals surface area contributed by atoms with Gasteiger partial charge in [0, 0.05) is 17.9 Å². The van der Waals surface area contributed by atoms with Gasteiger partial charge in [-0.3, -0.25) is 4.79 Å². The molecule has 2 aliphatic carbocycles. The first-order valence-corrected chi connectivity index (χ1v) is 9.89. The molecule has 0 aliphatic heterocycles. The Bertz CT molecular complexity index is 766. The van der Waals surface area contributed by atoms with E-state index in [1.54, 1.807) is 6.20 Å². The fourth-order valence-corrected chi connectivity index (χ4v) is 4.39. The molecule has 2 aromatic heterocycles. The van der Waals surface area contributed by atoms with E-state index in [1.165, 1.54) is 56.2 Å². The summed E-state index contributed by atoms with van der Waals surface area (Å²) in [5.74, 6) is 0.527. The third-order valence-corrected chi connectivity index (χ3v) is 6.00. The van der Waals surface area contributed by atoms with Crippen LogP contribution in [0.5, 0.6) is 0 Å². The van der Waals surface area contributed by atoms with Crippen molar-refractivity contribution in [3.63, 3.8) is 0 Å². The van der Waals surface area contributed by atoms with E-state index in [9.17, 15) is 4.79 Å². The molecule has 2 atom stereocenters. The maximum atomic E-state index is 12.8. The number of amides is 1. The number of hydrogen-bond acceptors (Lipinski definition) is 3. The topological polar surface area (TPSA) is 59.3 Å². The van der Waals surface area contributed by atoms with Gasteiger partial charge >= 0.3 is 0 Å². The van der Waals surface area contributed by atoms with Crippen LogP contribution in [0.2, 0.25) is 0 Å². The fourth-order valence-electron chi connectivity index (χ4n) is 4.39. The van der Waals surface area contributed by atoms with E-state index < -0.39 is 0 Å². The van der Waals surface area contributed by atoms with E-state index in [4.69, 9.17) is 0 Å². The Morgan fingerprint density at radius 2 is 1.88 bits per heavy atom. The lowest BCUT2D eigenvalue weighted by molar-refractivity contribution is 0.0911. The molecule has 5 nitrogen and oxygen atoms in total. The molecule has 0 aromatic carbocycles. The van der Waals surface area contributed by atoms with Crippen LogP contribution in [-0.2, 0) is 12.8 Å². The summed E-state index contributed by atoms with van der Waals surface area (Å²) in [6.07, 6.45) is 15.5. The fraction of sp³-hybridized carbons (Fsp3) is 0.650. The first kappa shape index (κ1) is 16.6. The van der Waals surface area contributed by atoms with Gasteiger partial charge in [0.2, 0.25) is 0 Å². The number of nitrogens with zero attached hydrogens (tertiary/aromatic N) is 3. The van der Waals surface area contributed by atoms with Gasteiger partial charge in [-0.25, -0.2) is 9.50 Å². The van der Waals surface area contributed by atoms with E-state index in [-0.39, 0.29) is 11.9 Å². The molecule has 2 heterocycles. The summed E-state index contributed by atoms with van der Waals surface area (Å²) in [4.78, 5) is 17.4. The molecule has 1 fully saturated rings. The summed E-state index contributed by atoms with van der Waals surface area (Å²) >= 11 is 0. The number of carbonyl (C=O) groups is 1. The Morgan fingerprint density at radius 1 is 1.08 bits per heavy atom. The lowest BCUT2D eigenvalue weighted by Gasteiger charge is -2.29. The zero-order valence-electron chi connectivity index (χ0n) is 15.1. The average Bonchev–Trinajstić information content (AvgIpc) is 3.01. The quantitative estimate of drug-likeness (QED) is 0.907. The van der Waals surface area contributed by atoms with Gasteiger partial charge < -0.3 is 5.32 Å². The van der Waals surface area contributed by atoms with E-state index in [2.05, 4.69) is 22.3 Å². The monoisotopic (exact) mass is 340 g/mol. The molecule has 1 saturated carbocycles. The predicted molar refractivity (Wildman–Crippen MR) is 97.7 cm³/mol. The summed E-state index contributed by atoms with van der Waals surface area (Å²) in [6.45, 7) is 2.24. The molecule has 0 spiro atoms. The van der Waals surface area contributed by atoms with Crippen molar-refractivity contribution >= 4 is 11.6 Å². The van der Waals surface area contributed by atoms with Crippen LogP contribution in [0.4, 0.5) is 0 Å². The zero-order chi connectivity index (χ0) is 17.2. The largest absolute Gasteiger partial charge is 0.349 e. The van der Waals surface area contributed by atoms with E-state index >= 15 is 0 Å². The van der Waals surface area contributed by atoms with Gasteiger partial charge in [-0.05, 0) is 50.0 Å². The van der Waals surface area contributed by atoms with Gasteiger partial charge in [0.25, 0.3) is 5.91 Å². The molecule has 2 aliphatic rings. The molecular formula is C20H28N4O. The van der Waals surface area contributed by atoms with Crippen molar-refractivity contribution in [2.24, 2.45) is 5.92 Å². The maximum Gasteiger partial charge on any atom is 0.256 e. The summed E-state index contributed by atoms with van der Waals surface area (Å²) in [5, 5.41) is 7.76. The highest BCUT2D eigenvalue weighted by molar-refractivity contribution is 5.99. The van der Waals surface area contributed by atoms with Crippen molar-refractivity contribution in [2.75, 3.05) is 0 Å². The summed E-state index contributed by atoms with van der Waals surface area (Å²) < 4.78 is 1.92. The van der Waals surface area contributed by atoms with Crippen LogP contribution in [0, 0.1) is 5.92 Å². The second-order valence-corrected chi connectivity index (χ2v) is 7.78. The molecule has 0 radical (unpaired) electrons. The van der Waals surface area contributed by atoms with Gasteiger partial charge in [0.15, 0.2) is 5.65 Å². The number of aromatic nitrogens is 3. The molecule has 0 saturated heterocycles. The SMILES string of the molecule is CC1CCCCC1NC(=O)c1cnn2c3c(cnc12)CCCCCC3. The third-order valence-electron chi connectivity index (χ3n) is 6.00. The normalized spacial score (nSPS) is 24.4. The highest BCUT2D eigenvalue weighted by Gasteiger charge is 2.25. The van der Waals surface area contributed by atoms with Crippen molar-refractivity contribution < 1.29 is 4.79 Å². The maximum absolute atomic E-state index is 12.8. The van der Waals surface area contributed by atoms with Gasteiger partial charge in [-0.2, -0.15) is 5.10 Å². The second-order valence-electron chi connectivity index (χ2n) is 7.78. The summed E-state index contributed by atoms with van der Waals surface area (Å²) in [6, 6.07) is 0.278. The number of rotatable bonds is 2. The number of aryl methyl sites for hydroxylation is 2. The van der Waals surface area contributed by atoms with Crippen molar-refractivity contribution in [1.29, 1.82) is 0 Å². The molecule has 2 aromatic rings. The van der Waals surface area contributed by atoms with Crippen molar-refractivity contribution in [3.8, 4) is 0 Å². The van der Waals surface area contributed by atoms with E-state index in [0.717, 1.165) is 19.3 Å². The number of fused-ring (bicyclic) bond motifs is 3. The molecule has 4 rings (SSSR count). The van der Waals surface area contributed by atoms with Gasteiger partial charge in [-0.15, -0.1) is 0 Å². The molecule has 1 amide bonds. The highest BCUT2D eigenvalue weighted by Crippen LogP contribution is 2.25. The van der Waals surface area contributed by atoms with Crippen LogP contribution < -0.4 is 5.32 Å². The summed E-state index contributed by atoms with van der Waals surface area (Å²) in [5.41, 5.74) is 3.86. The molecule has 0 bridgehead atoms. The first-order chi connectivity index (χ1) is 12.2. The Balaban J connectivity index is 1.62. The average molecular weight is 340 g/mol. The smallest absolute Gasteiger partial charge is 0.256 e. The van der Waals surface area contributed by atoms with E-state index in [1.807, 2.05) is 10.7 Å². The first-order valence-electron chi connectivity index (χ1n) is 9.89. The van der Waals surface area contributed by atoms with Crippen molar-refractivity contribution in [2.45, 2.75) is 77.2 Å². The van der Waals surface area contributed by atoms with Crippen LogP contribution in [0.3, 0.4) is 0 Å². The number of nitrogens with one attached hydrogen (secondary N) is 1. The molecule has 2 unspecified atom stereocenters. The standard InChI is InChI=1S/C20H28N4O/c1-14-8-6-7-10-17(14)23-20(25)16-13-22-24-18-11-5-3-2-4-9-15(18)12-21-19(16)24/h12-14,17H,2-11H2,1H3,(H,23,25). The van der Waals surface area contributed by atoms with Crippen LogP contribution in [0.1, 0.15) is 79.9 Å². The minimum Gasteiger partial charge on any atom is -0.349 e. The van der Waals surface area contributed by atoms with Crippen LogP contribution >= 0.6 is 0 Å². The minimum absolute atomic E-state index is 0.0213. The molecular weight excluding hydrogens is 312 g/mol. The van der Waals surface area contributed by atoms with Gasteiger partial charge in [0.05, 0.1) is 6.20 Å². The molecule has 1 N–H and O–H groups in total. The van der Waals surface area contributed by atoms with Gasteiger partial charge in [-0.1, -0.05) is 32.6 Å².